The molecule has 8 nitrogen and oxygen atoms in total. The molecule has 1 aromatic heterocycles. The molecular formula is C20H26BrFN4O4. The van der Waals surface area contributed by atoms with Crippen LogP contribution in [0.15, 0.2) is 32.3 Å². The van der Waals surface area contributed by atoms with Crippen molar-refractivity contribution in [3.8, 4) is 5.75 Å². The molecule has 0 bridgehead atoms. The number of hydrogen-bond acceptors (Lipinski definition) is 5. The first-order valence-corrected chi connectivity index (χ1v) is 10.6. The maximum atomic E-state index is 13.3. The molecule has 0 fully saturated rings. The number of nitrogens with two attached hydrogens (primary N) is 1. The van der Waals surface area contributed by atoms with E-state index in [9.17, 15) is 18.8 Å². The number of anilines is 2. The quantitative estimate of drug-likeness (QED) is 0.568. The highest BCUT2D eigenvalue weighted by Crippen LogP contribution is 2.27. The van der Waals surface area contributed by atoms with E-state index in [-0.39, 0.29) is 23.8 Å². The molecule has 0 aliphatic heterocycles. The maximum absolute atomic E-state index is 13.3. The number of ether oxygens (including phenoxy) is 1. The Morgan fingerprint density at radius 1 is 1.33 bits per heavy atom. The third kappa shape index (κ3) is 5.29. The highest BCUT2D eigenvalue weighted by molar-refractivity contribution is 9.10. The lowest BCUT2D eigenvalue weighted by Crippen LogP contribution is -2.46. The summed E-state index contributed by atoms with van der Waals surface area (Å²) in [5.74, 6) is -0.732. The number of aromatic amines is 1. The molecule has 10 heteroatoms. The first-order valence-electron chi connectivity index (χ1n) is 9.76. The van der Waals surface area contributed by atoms with Crippen LogP contribution in [0.2, 0.25) is 0 Å². The molecule has 30 heavy (non-hydrogen) atoms. The number of rotatable bonds is 9. The first-order chi connectivity index (χ1) is 14.2. The van der Waals surface area contributed by atoms with Crippen molar-refractivity contribution in [1.82, 2.24) is 9.55 Å². The van der Waals surface area contributed by atoms with Gasteiger partial charge >= 0.3 is 5.69 Å². The molecule has 2 aromatic rings. The molecule has 0 aliphatic rings. The summed E-state index contributed by atoms with van der Waals surface area (Å²) in [4.78, 5) is 41.4. The number of carbonyl (C=O) groups is 1. The van der Waals surface area contributed by atoms with Crippen molar-refractivity contribution in [1.29, 1.82) is 0 Å². The Balaban J connectivity index is 2.44. The minimum atomic E-state index is -0.992. The number of halogens is 2. The lowest BCUT2D eigenvalue weighted by Gasteiger charge is -2.27. The zero-order valence-corrected chi connectivity index (χ0v) is 18.8. The average molecular weight is 485 g/mol. The summed E-state index contributed by atoms with van der Waals surface area (Å²) in [5, 5.41) is 0. The van der Waals surface area contributed by atoms with Crippen molar-refractivity contribution in [2.75, 3.05) is 17.2 Å². The van der Waals surface area contributed by atoms with Crippen LogP contribution >= 0.6 is 15.9 Å². The summed E-state index contributed by atoms with van der Waals surface area (Å²) in [5.41, 5.74) is 4.71. The summed E-state index contributed by atoms with van der Waals surface area (Å²) < 4.78 is 20.6. The monoisotopic (exact) mass is 484 g/mol. The van der Waals surface area contributed by atoms with Gasteiger partial charge in [0.1, 0.15) is 17.4 Å². The number of unbranched alkanes of at least 4 members (excludes halogenated alkanes) is 1. The van der Waals surface area contributed by atoms with Gasteiger partial charge in [0.25, 0.3) is 11.5 Å². The van der Waals surface area contributed by atoms with Crippen molar-refractivity contribution in [3.05, 3.63) is 49.3 Å². The number of nitrogens with zero attached hydrogens (tertiary/aromatic N) is 2. The molecular weight excluding hydrogens is 459 g/mol. The number of amides is 1. The van der Waals surface area contributed by atoms with Crippen LogP contribution in [-0.2, 0) is 11.3 Å². The summed E-state index contributed by atoms with van der Waals surface area (Å²) in [6.45, 7) is 5.88. The molecule has 2 rings (SSSR count). The van der Waals surface area contributed by atoms with Gasteiger partial charge in [-0.2, -0.15) is 0 Å². The molecule has 1 heterocycles. The molecule has 0 saturated heterocycles. The van der Waals surface area contributed by atoms with Crippen LogP contribution in [0.25, 0.3) is 0 Å². The van der Waals surface area contributed by atoms with Crippen LogP contribution in [0.1, 0.15) is 40.0 Å². The Labute approximate surface area is 182 Å². The van der Waals surface area contributed by atoms with E-state index in [0.29, 0.717) is 23.9 Å². The van der Waals surface area contributed by atoms with Gasteiger partial charge in [-0.3, -0.25) is 19.1 Å². The highest BCUT2D eigenvalue weighted by Gasteiger charge is 2.28. The number of carbonyl (C=O) groups excluding carboxylic acids is 1. The lowest BCUT2D eigenvalue weighted by atomic mass is 10.2. The molecule has 164 valence electrons. The van der Waals surface area contributed by atoms with Crippen molar-refractivity contribution in [2.24, 2.45) is 0 Å². The van der Waals surface area contributed by atoms with Crippen molar-refractivity contribution in [3.63, 3.8) is 0 Å². The third-order valence-corrected chi connectivity index (χ3v) is 5.10. The van der Waals surface area contributed by atoms with Gasteiger partial charge < -0.3 is 15.4 Å². The van der Waals surface area contributed by atoms with Gasteiger partial charge in [-0.05, 0) is 53.9 Å². The fourth-order valence-corrected chi connectivity index (χ4v) is 3.41. The Morgan fingerprint density at radius 3 is 2.63 bits per heavy atom. The van der Waals surface area contributed by atoms with Crippen LogP contribution in [0, 0.1) is 5.82 Å². The lowest BCUT2D eigenvalue weighted by molar-refractivity contribution is -0.124. The molecule has 1 unspecified atom stereocenters. The molecule has 0 saturated carbocycles. The van der Waals surface area contributed by atoms with Crippen LogP contribution < -0.4 is 26.6 Å². The topological polar surface area (TPSA) is 110 Å². The standard InChI is InChI=1S/C20H26BrFN4O4/c1-4-6-10-25(16-17(23)26(9-5-2)20(29)24-18(16)27)19(28)12(3)30-15-8-7-13(22)11-14(15)21/h7-8,11-12H,4-6,9-10,23H2,1-3H3,(H,24,27,29). The second-order valence-electron chi connectivity index (χ2n) is 6.82. The molecule has 0 spiro atoms. The van der Waals surface area contributed by atoms with Crippen LogP contribution in [-0.4, -0.2) is 28.1 Å². The van der Waals surface area contributed by atoms with E-state index in [1.807, 2.05) is 13.8 Å². The Kier molecular flexibility index (Phi) is 8.22. The zero-order chi connectivity index (χ0) is 22.4. The van der Waals surface area contributed by atoms with Gasteiger partial charge in [0.05, 0.1) is 4.47 Å². The van der Waals surface area contributed by atoms with Gasteiger partial charge in [-0.25, -0.2) is 9.18 Å². The number of hydrogen-bond donors (Lipinski definition) is 2. The van der Waals surface area contributed by atoms with E-state index in [4.69, 9.17) is 10.5 Å². The van der Waals surface area contributed by atoms with E-state index in [2.05, 4.69) is 20.9 Å². The van der Waals surface area contributed by atoms with Gasteiger partial charge in [0, 0.05) is 13.1 Å². The van der Waals surface area contributed by atoms with Crippen molar-refractivity contribution >= 4 is 33.3 Å². The number of aromatic nitrogens is 2. The predicted octanol–water partition coefficient (Wildman–Crippen LogP) is 3.03. The molecule has 0 aliphatic carbocycles. The molecule has 1 amide bonds. The minimum Gasteiger partial charge on any atom is -0.480 e. The van der Waals surface area contributed by atoms with E-state index in [0.717, 1.165) is 6.42 Å². The van der Waals surface area contributed by atoms with Crippen LogP contribution in [0.3, 0.4) is 0 Å². The molecule has 1 atom stereocenters. The summed E-state index contributed by atoms with van der Waals surface area (Å²) in [7, 11) is 0. The Hall–Kier alpha value is -2.62. The highest BCUT2D eigenvalue weighted by atomic mass is 79.9. The summed E-state index contributed by atoms with van der Waals surface area (Å²) >= 11 is 3.20. The van der Waals surface area contributed by atoms with E-state index in [1.165, 1.54) is 34.6 Å². The zero-order valence-electron chi connectivity index (χ0n) is 17.2. The van der Waals surface area contributed by atoms with E-state index in [1.54, 1.807) is 0 Å². The number of benzene rings is 1. The maximum Gasteiger partial charge on any atom is 0.330 e. The Bertz CT molecular complexity index is 1020. The smallest absolute Gasteiger partial charge is 0.330 e. The third-order valence-electron chi connectivity index (χ3n) is 4.48. The fraction of sp³-hybridized carbons (Fsp3) is 0.450. The summed E-state index contributed by atoms with van der Waals surface area (Å²) in [6.07, 6.45) is 1.02. The summed E-state index contributed by atoms with van der Waals surface area (Å²) in [6, 6.07) is 3.85. The molecule has 0 radical (unpaired) electrons. The van der Waals surface area contributed by atoms with Gasteiger partial charge in [0.2, 0.25) is 0 Å². The predicted molar refractivity (Wildman–Crippen MR) is 117 cm³/mol. The van der Waals surface area contributed by atoms with Gasteiger partial charge in [-0.15, -0.1) is 0 Å². The minimum absolute atomic E-state index is 0.0646. The average Bonchev–Trinajstić information content (AvgIpc) is 2.69. The van der Waals surface area contributed by atoms with Gasteiger partial charge in [-0.1, -0.05) is 20.3 Å². The van der Waals surface area contributed by atoms with Crippen molar-refractivity contribution < 1.29 is 13.9 Å². The second kappa shape index (κ2) is 10.4. The second-order valence-corrected chi connectivity index (χ2v) is 7.68. The van der Waals surface area contributed by atoms with Gasteiger partial charge in [0.15, 0.2) is 11.8 Å². The Morgan fingerprint density at radius 2 is 2.03 bits per heavy atom. The first kappa shape index (κ1) is 23.7. The normalized spacial score (nSPS) is 11.9. The number of nitrogens with one attached hydrogen (secondary N) is 1. The molecule has 3 N–H and O–H groups in total. The van der Waals surface area contributed by atoms with Crippen molar-refractivity contribution in [2.45, 2.75) is 52.7 Å². The fourth-order valence-electron chi connectivity index (χ4n) is 2.96. The van der Waals surface area contributed by atoms with Crippen LogP contribution in [0.4, 0.5) is 15.9 Å². The van der Waals surface area contributed by atoms with E-state index >= 15 is 0 Å². The number of nitrogen functional groups attached to an aromatic ring is 1. The van der Waals surface area contributed by atoms with E-state index < -0.39 is 29.1 Å². The largest absolute Gasteiger partial charge is 0.480 e. The van der Waals surface area contributed by atoms with Crippen LogP contribution in [0.5, 0.6) is 5.75 Å². The number of H-pyrrole nitrogens is 1. The SMILES string of the molecule is CCCCN(C(=O)C(C)Oc1ccc(F)cc1Br)c1c(N)n(CCC)c(=O)[nH]c1=O. The molecule has 1 aromatic carbocycles.